The van der Waals surface area contributed by atoms with Crippen LogP contribution >= 0.6 is 21.6 Å². The minimum atomic E-state index is -1.81. The van der Waals surface area contributed by atoms with Crippen LogP contribution in [0.25, 0.3) is 0 Å². The number of phenolic OH excluding ortho intramolecular Hbond substituents is 1. The molecule has 1 fully saturated rings. The van der Waals surface area contributed by atoms with E-state index in [-0.39, 0.29) is 62.3 Å². The van der Waals surface area contributed by atoms with Gasteiger partial charge in [0.25, 0.3) is 0 Å². The lowest BCUT2D eigenvalue weighted by atomic mass is 10.0. The zero-order valence-corrected chi connectivity index (χ0v) is 48.2. The summed E-state index contributed by atoms with van der Waals surface area (Å²) < 4.78 is 0. The second-order valence-electron chi connectivity index (χ2n) is 19.3. The van der Waals surface area contributed by atoms with Gasteiger partial charge >= 0.3 is 0 Å². The molecule has 0 spiro atoms. The summed E-state index contributed by atoms with van der Waals surface area (Å²) in [5.74, 6) is -13.0. The van der Waals surface area contributed by atoms with Gasteiger partial charge in [0.05, 0.1) is 32.6 Å². The molecule has 1 saturated heterocycles. The third-order valence-corrected chi connectivity index (χ3v) is 14.8. The molecule has 0 bridgehead atoms. The maximum atomic E-state index is 14.6. The molecule has 1 heterocycles. The third kappa shape index (κ3) is 28.5. The van der Waals surface area contributed by atoms with Crippen molar-refractivity contribution in [1.29, 1.82) is 0 Å². The van der Waals surface area contributed by atoms with Gasteiger partial charge in [0.2, 0.25) is 82.7 Å². The topological polar surface area (TPSA) is 522 Å². The number of phenols is 1. The van der Waals surface area contributed by atoms with E-state index in [4.69, 9.17) is 28.7 Å². The molecule has 466 valence electrons. The van der Waals surface area contributed by atoms with Gasteiger partial charge in [0.1, 0.15) is 48.0 Å². The standard InChI is InChI=1S/C52H76N16O15S2/c53-18-6-4-10-32(46(77)61-24-41(57)72)62-42(73)11-5-7-19-58-47(78)37-27-84-85-28-38(63-45(76)26-60-44(75)25-59-43(74)23-54)52(83)66-35(21-30-12-14-31(69)15-13-30)50(81)65-34(20-29-8-2-1-3-9-29)49(80)64-33(16-17-39(55)70)48(79)67-36(22-40(56)71)51(82)68-37/h1-3,8-9,12-15,32-38,69H,4-7,10-11,16-28,53-54H2,(H2,55,70)(H2,56,71)(H2,57,72)(H,58,78)(H,59,74)(H,60,75)(H,61,77)(H,62,73)(H,63,76)(H,64,80)(H,65,81)(H,66,83)(H,67,79)(H,68,82)/t32-,33-,34-,35-,36-,37-,38-/m0/s1. The molecule has 14 amide bonds. The highest BCUT2D eigenvalue weighted by Crippen LogP contribution is 2.24. The molecule has 31 nitrogen and oxygen atoms in total. The molecular formula is C52H76N16O15S2. The van der Waals surface area contributed by atoms with Crippen LogP contribution < -0.4 is 87.2 Å². The minimum absolute atomic E-state index is 0.0770. The summed E-state index contributed by atoms with van der Waals surface area (Å²) >= 11 is 0. The van der Waals surface area contributed by atoms with Gasteiger partial charge in [-0.15, -0.1) is 0 Å². The molecule has 1 aliphatic rings. The monoisotopic (exact) mass is 1230 g/mol. The van der Waals surface area contributed by atoms with E-state index >= 15 is 0 Å². The molecule has 0 unspecified atom stereocenters. The van der Waals surface area contributed by atoms with E-state index in [2.05, 4.69) is 58.5 Å². The first kappa shape index (κ1) is 70.7. The fraction of sp³-hybridized carbons (Fsp3) is 0.500. The number of carbonyl (C=O) groups excluding carboxylic acids is 14. The molecule has 0 saturated carbocycles. The molecule has 1 aliphatic heterocycles. The van der Waals surface area contributed by atoms with Crippen LogP contribution in [-0.2, 0) is 80.0 Å². The van der Waals surface area contributed by atoms with Crippen molar-refractivity contribution in [3.63, 3.8) is 0 Å². The quantitative estimate of drug-likeness (QED) is 0.0266. The lowest BCUT2D eigenvalue weighted by Crippen LogP contribution is -2.61. The Labute approximate surface area is 497 Å². The highest BCUT2D eigenvalue weighted by Gasteiger charge is 2.35. The number of nitrogens with two attached hydrogens (primary N) is 5. The van der Waals surface area contributed by atoms with E-state index in [1.54, 1.807) is 30.3 Å². The van der Waals surface area contributed by atoms with Crippen LogP contribution in [-0.4, -0.2) is 181 Å². The van der Waals surface area contributed by atoms with Crippen molar-refractivity contribution in [3.8, 4) is 5.75 Å². The first-order chi connectivity index (χ1) is 40.5. The smallest absolute Gasteiger partial charge is 0.244 e. The largest absolute Gasteiger partial charge is 0.508 e. The second-order valence-corrected chi connectivity index (χ2v) is 21.9. The van der Waals surface area contributed by atoms with Crippen LogP contribution in [0.2, 0.25) is 0 Å². The number of nitrogens with one attached hydrogen (secondary N) is 11. The van der Waals surface area contributed by atoms with Gasteiger partial charge in [-0.1, -0.05) is 64.1 Å². The third-order valence-electron chi connectivity index (χ3n) is 12.4. The molecular weight excluding hydrogens is 1150 g/mol. The van der Waals surface area contributed by atoms with Crippen LogP contribution in [0.4, 0.5) is 0 Å². The van der Waals surface area contributed by atoms with Crippen LogP contribution in [0.15, 0.2) is 54.6 Å². The first-order valence-electron chi connectivity index (χ1n) is 27.0. The van der Waals surface area contributed by atoms with Gasteiger partial charge < -0.3 is 92.3 Å². The van der Waals surface area contributed by atoms with Crippen molar-refractivity contribution in [2.45, 2.75) is 113 Å². The molecule has 2 aromatic carbocycles. The summed E-state index contributed by atoms with van der Waals surface area (Å²) in [5, 5.41) is 37.3. The Bertz CT molecular complexity index is 2660. The number of amides is 14. The van der Waals surface area contributed by atoms with E-state index in [9.17, 15) is 72.2 Å². The van der Waals surface area contributed by atoms with Gasteiger partial charge in [-0.05, 0) is 68.3 Å². The number of hydrogen-bond acceptors (Lipinski definition) is 19. The van der Waals surface area contributed by atoms with Gasteiger partial charge in [0, 0.05) is 43.7 Å². The van der Waals surface area contributed by atoms with Gasteiger partial charge in [-0.25, -0.2) is 0 Å². The number of rotatable bonds is 29. The van der Waals surface area contributed by atoms with Gasteiger partial charge in [0.15, 0.2) is 0 Å². The van der Waals surface area contributed by atoms with Crippen molar-refractivity contribution in [2.24, 2.45) is 28.7 Å². The summed E-state index contributed by atoms with van der Waals surface area (Å²) in [7, 11) is 1.80. The van der Waals surface area contributed by atoms with E-state index in [1.807, 2.05) is 0 Å². The fourth-order valence-corrected chi connectivity index (χ4v) is 10.2. The Morgan fingerprint density at radius 2 is 1.13 bits per heavy atom. The van der Waals surface area contributed by atoms with E-state index in [0.29, 0.717) is 30.5 Å². The van der Waals surface area contributed by atoms with E-state index in [0.717, 1.165) is 21.6 Å². The lowest BCUT2D eigenvalue weighted by Gasteiger charge is -2.28. The van der Waals surface area contributed by atoms with Crippen LogP contribution in [0.5, 0.6) is 5.75 Å². The normalized spacial score (nSPS) is 19.3. The number of benzene rings is 2. The van der Waals surface area contributed by atoms with Crippen LogP contribution in [0, 0.1) is 0 Å². The lowest BCUT2D eigenvalue weighted by molar-refractivity contribution is -0.136. The SMILES string of the molecule is NCCCC[C@H](NC(=O)CCCCNC(=O)[C@@H]1CSSC[C@H](NC(=O)CNC(=O)CNC(=O)CN)C(=O)N[C@@H](Cc2ccc(O)cc2)C(=O)N[C@@H](Cc2ccccc2)C(=O)N[C@@H](CCC(N)=O)C(=O)N[C@@H](CC(N)=O)C(=O)N1)C(=O)NCC(N)=O. The van der Waals surface area contributed by atoms with Crippen LogP contribution in [0.1, 0.15) is 68.9 Å². The highest BCUT2D eigenvalue weighted by molar-refractivity contribution is 8.76. The van der Waals surface area contributed by atoms with Gasteiger partial charge in [-0.2, -0.15) is 0 Å². The number of carbonyl (C=O) groups is 14. The van der Waals surface area contributed by atoms with Crippen molar-refractivity contribution >= 4 is 104 Å². The molecule has 33 heteroatoms. The average molecular weight is 1230 g/mol. The summed E-state index contributed by atoms with van der Waals surface area (Å²) in [6.45, 7) is -1.84. The molecule has 7 atom stereocenters. The van der Waals surface area contributed by atoms with E-state index in [1.165, 1.54) is 24.3 Å². The van der Waals surface area contributed by atoms with Crippen molar-refractivity contribution in [1.82, 2.24) is 58.5 Å². The van der Waals surface area contributed by atoms with Crippen molar-refractivity contribution < 1.29 is 72.2 Å². The number of hydrogen-bond donors (Lipinski definition) is 17. The molecule has 0 radical (unpaired) electrons. The predicted molar refractivity (Wildman–Crippen MR) is 310 cm³/mol. The Kier molecular flexibility index (Phi) is 31.9. The summed E-state index contributed by atoms with van der Waals surface area (Å²) in [6.07, 6.45) is -0.758. The molecule has 0 aromatic heterocycles. The first-order valence-corrected chi connectivity index (χ1v) is 29.5. The van der Waals surface area contributed by atoms with Gasteiger partial charge in [-0.3, -0.25) is 67.1 Å². The molecule has 22 N–H and O–H groups in total. The van der Waals surface area contributed by atoms with E-state index < -0.39 is 170 Å². The maximum absolute atomic E-state index is 14.6. The van der Waals surface area contributed by atoms with Crippen LogP contribution in [0.3, 0.4) is 0 Å². The number of aromatic hydroxyl groups is 1. The fourth-order valence-electron chi connectivity index (χ4n) is 7.87. The molecule has 85 heavy (non-hydrogen) atoms. The Balaban J connectivity index is 2.04. The Hall–Kier alpha value is -8.56. The summed E-state index contributed by atoms with van der Waals surface area (Å²) in [5.41, 5.74) is 27.9. The average Bonchev–Trinajstić information content (AvgIpc) is 3.67. The predicted octanol–water partition coefficient (Wildman–Crippen LogP) is -6.69. The molecule has 3 rings (SSSR count). The van der Waals surface area contributed by atoms with Crippen molar-refractivity contribution in [2.75, 3.05) is 50.8 Å². The number of primary amides is 3. The highest BCUT2D eigenvalue weighted by atomic mass is 33.1. The summed E-state index contributed by atoms with van der Waals surface area (Å²) in [6, 6.07) is 3.26. The Morgan fingerprint density at radius 1 is 0.553 bits per heavy atom. The zero-order valence-electron chi connectivity index (χ0n) is 46.5. The summed E-state index contributed by atoms with van der Waals surface area (Å²) in [4.78, 5) is 185. The molecule has 0 aliphatic carbocycles. The second kappa shape index (κ2) is 38.3. The minimum Gasteiger partial charge on any atom is -0.508 e. The number of unbranched alkanes of at least 4 members (excludes halogenated alkanes) is 2. The maximum Gasteiger partial charge on any atom is 0.244 e. The van der Waals surface area contributed by atoms with Crippen molar-refractivity contribution in [3.05, 3.63) is 65.7 Å². The molecule has 2 aromatic rings. The Morgan fingerprint density at radius 3 is 1.75 bits per heavy atom. The zero-order chi connectivity index (χ0) is 62.8.